The van der Waals surface area contributed by atoms with Crippen LogP contribution in [-0.4, -0.2) is 12.0 Å². The molecule has 2 heteroatoms. The fourth-order valence-corrected chi connectivity index (χ4v) is 0.991. The van der Waals surface area contributed by atoms with Crippen LogP contribution in [0, 0.1) is 0 Å². The molecule has 1 unspecified atom stereocenters. The van der Waals surface area contributed by atoms with Gasteiger partial charge >= 0.3 is 0 Å². The molecular formula is C5H7NS. The van der Waals surface area contributed by atoms with Crippen molar-refractivity contribution in [1.82, 2.24) is 0 Å². The van der Waals surface area contributed by atoms with E-state index in [0.29, 0.717) is 5.25 Å². The molecule has 0 bridgehead atoms. The Morgan fingerprint density at radius 3 is 2.71 bits per heavy atom. The van der Waals surface area contributed by atoms with Gasteiger partial charge in [0.15, 0.2) is 0 Å². The van der Waals surface area contributed by atoms with Crippen LogP contribution in [0.1, 0.15) is 6.42 Å². The average molecular weight is 113 g/mol. The maximum Gasteiger partial charge on any atom is 0.0480 e. The zero-order chi connectivity index (χ0) is 5.11. The maximum absolute atomic E-state index is 3.67. The molecule has 0 aromatic heterocycles. The summed E-state index contributed by atoms with van der Waals surface area (Å²) in [6, 6.07) is 0. The van der Waals surface area contributed by atoms with Gasteiger partial charge in [-0.05, 0) is 25.1 Å². The lowest BCUT2D eigenvalue weighted by molar-refractivity contribution is 0.984. The molecule has 0 aromatic carbocycles. The van der Waals surface area contributed by atoms with Crippen LogP contribution in [0.15, 0.2) is 16.5 Å². The van der Waals surface area contributed by atoms with Crippen molar-refractivity contribution in [3.63, 3.8) is 0 Å². The van der Waals surface area contributed by atoms with Gasteiger partial charge in [0.05, 0.1) is 0 Å². The highest BCUT2D eigenvalue weighted by Crippen LogP contribution is 2.23. The van der Waals surface area contributed by atoms with Crippen molar-refractivity contribution in [2.75, 3.05) is 0 Å². The molecule has 7 heavy (non-hydrogen) atoms. The first-order valence-electron chi connectivity index (χ1n) is 2.22. The average Bonchev–Trinajstić information content (AvgIpc) is 1.55. The van der Waals surface area contributed by atoms with Crippen molar-refractivity contribution in [2.45, 2.75) is 11.7 Å². The third-order valence-electron chi connectivity index (χ3n) is 0.929. The molecule has 0 amide bonds. The zero-order valence-electron chi connectivity index (χ0n) is 4.00. The lowest BCUT2D eigenvalue weighted by Crippen LogP contribution is -2.02. The van der Waals surface area contributed by atoms with E-state index in [1.807, 2.05) is 0 Å². The van der Waals surface area contributed by atoms with Gasteiger partial charge in [-0.3, -0.25) is 0 Å². The van der Waals surface area contributed by atoms with Gasteiger partial charge in [-0.25, -0.2) is 4.40 Å². The Morgan fingerprint density at radius 2 is 2.57 bits per heavy atom. The van der Waals surface area contributed by atoms with E-state index in [1.54, 1.807) is 11.9 Å². The molecule has 0 heterocycles. The van der Waals surface area contributed by atoms with Crippen LogP contribution in [0.4, 0.5) is 0 Å². The molecule has 0 spiro atoms. The van der Waals surface area contributed by atoms with E-state index in [1.165, 1.54) is 6.42 Å². The van der Waals surface area contributed by atoms with Crippen LogP contribution < -0.4 is 0 Å². The van der Waals surface area contributed by atoms with Crippen molar-refractivity contribution in [1.29, 1.82) is 0 Å². The van der Waals surface area contributed by atoms with Gasteiger partial charge in [0.2, 0.25) is 0 Å². The molecule has 1 aliphatic rings. The SMILES string of the molecule is C=NSC1C=CC1. The Hall–Kier alpha value is -0.240. The zero-order valence-corrected chi connectivity index (χ0v) is 4.82. The topological polar surface area (TPSA) is 12.4 Å². The second kappa shape index (κ2) is 2.17. The van der Waals surface area contributed by atoms with Gasteiger partial charge in [-0.1, -0.05) is 12.2 Å². The summed E-state index contributed by atoms with van der Waals surface area (Å²) in [5.74, 6) is 0. The van der Waals surface area contributed by atoms with Gasteiger partial charge in [0.25, 0.3) is 0 Å². The fourth-order valence-electron chi connectivity index (χ4n) is 0.421. The van der Waals surface area contributed by atoms with Crippen LogP contribution in [0.25, 0.3) is 0 Å². The minimum Gasteiger partial charge on any atom is -0.232 e. The van der Waals surface area contributed by atoms with E-state index in [-0.39, 0.29) is 0 Å². The van der Waals surface area contributed by atoms with E-state index in [2.05, 4.69) is 23.3 Å². The second-order valence-corrected chi connectivity index (χ2v) is 2.51. The molecular weight excluding hydrogens is 106 g/mol. The molecule has 1 rings (SSSR count). The van der Waals surface area contributed by atoms with Gasteiger partial charge in [-0.2, -0.15) is 0 Å². The van der Waals surface area contributed by atoms with E-state index in [4.69, 9.17) is 0 Å². The van der Waals surface area contributed by atoms with E-state index in [0.717, 1.165) is 0 Å². The molecule has 0 aromatic rings. The van der Waals surface area contributed by atoms with Crippen molar-refractivity contribution in [3.05, 3.63) is 12.2 Å². The van der Waals surface area contributed by atoms with Gasteiger partial charge in [-0.15, -0.1) is 0 Å². The second-order valence-electron chi connectivity index (χ2n) is 1.44. The summed E-state index contributed by atoms with van der Waals surface area (Å²) in [5, 5.41) is 0.637. The highest BCUT2D eigenvalue weighted by molar-refractivity contribution is 7.98. The van der Waals surface area contributed by atoms with Crippen LogP contribution in [0.2, 0.25) is 0 Å². The number of allylic oxidation sites excluding steroid dienone is 1. The van der Waals surface area contributed by atoms with E-state index >= 15 is 0 Å². The fraction of sp³-hybridized carbons (Fsp3) is 0.400. The largest absolute Gasteiger partial charge is 0.232 e. The Morgan fingerprint density at radius 1 is 1.86 bits per heavy atom. The monoisotopic (exact) mass is 113 g/mol. The smallest absolute Gasteiger partial charge is 0.0480 e. The first-order chi connectivity index (χ1) is 3.43. The molecule has 0 saturated carbocycles. The van der Waals surface area contributed by atoms with Gasteiger partial charge < -0.3 is 0 Å². The minimum atomic E-state index is 0.637. The molecule has 0 aliphatic heterocycles. The van der Waals surface area contributed by atoms with Crippen LogP contribution in [0.3, 0.4) is 0 Å². The Kier molecular flexibility index (Phi) is 1.52. The molecule has 1 aliphatic carbocycles. The minimum absolute atomic E-state index is 0.637. The van der Waals surface area contributed by atoms with Gasteiger partial charge in [0, 0.05) is 5.25 Å². The van der Waals surface area contributed by atoms with Crippen molar-refractivity contribution >= 4 is 18.7 Å². The first kappa shape index (κ1) is 4.91. The lowest BCUT2D eigenvalue weighted by atomic mass is 10.1. The Balaban J connectivity index is 2.17. The molecule has 1 atom stereocenters. The van der Waals surface area contributed by atoms with E-state index < -0.39 is 0 Å². The number of hydrogen-bond donors (Lipinski definition) is 0. The third-order valence-corrected chi connectivity index (χ3v) is 1.70. The van der Waals surface area contributed by atoms with Crippen LogP contribution in [0.5, 0.6) is 0 Å². The molecule has 0 saturated heterocycles. The van der Waals surface area contributed by atoms with Crippen molar-refractivity contribution in [3.8, 4) is 0 Å². The Bertz CT molecular complexity index is 98.3. The lowest BCUT2D eigenvalue weighted by Gasteiger charge is -2.11. The quantitative estimate of drug-likeness (QED) is 0.301. The maximum atomic E-state index is 3.67. The van der Waals surface area contributed by atoms with E-state index in [9.17, 15) is 0 Å². The number of nitrogens with zero attached hydrogens (tertiary/aromatic N) is 1. The summed E-state index contributed by atoms with van der Waals surface area (Å²) in [4.78, 5) is 0. The number of hydrogen-bond acceptors (Lipinski definition) is 2. The highest BCUT2D eigenvalue weighted by atomic mass is 32.2. The molecule has 0 N–H and O–H groups in total. The normalized spacial score (nSPS) is 26.6. The molecule has 38 valence electrons. The van der Waals surface area contributed by atoms with Crippen LogP contribution >= 0.6 is 11.9 Å². The number of rotatable bonds is 2. The summed E-state index contributed by atoms with van der Waals surface area (Å²) in [6.45, 7) is 3.36. The van der Waals surface area contributed by atoms with Crippen LogP contribution in [-0.2, 0) is 0 Å². The molecule has 0 radical (unpaired) electrons. The standard InChI is InChI=1S/C5H7NS/c1-6-7-5-3-2-4-5/h2-3,5H,1,4H2. The summed E-state index contributed by atoms with van der Waals surface area (Å²) in [5.41, 5.74) is 0. The highest BCUT2D eigenvalue weighted by Gasteiger charge is 2.07. The first-order valence-corrected chi connectivity index (χ1v) is 3.05. The summed E-state index contributed by atoms with van der Waals surface area (Å²) < 4.78 is 3.67. The molecule has 1 nitrogen and oxygen atoms in total. The van der Waals surface area contributed by atoms with Crippen molar-refractivity contribution < 1.29 is 0 Å². The predicted octanol–water partition coefficient (Wildman–Crippen LogP) is 1.66. The summed E-state index contributed by atoms with van der Waals surface area (Å²) >= 11 is 1.55. The Labute approximate surface area is 47.7 Å². The third kappa shape index (κ3) is 1.06. The summed E-state index contributed by atoms with van der Waals surface area (Å²) in [6.07, 6.45) is 5.45. The van der Waals surface area contributed by atoms with Crippen molar-refractivity contribution in [2.24, 2.45) is 4.40 Å². The predicted molar refractivity (Wildman–Crippen MR) is 34.7 cm³/mol. The van der Waals surface area contributed by atoms with Gasteiger partial charge in [0.1, 0.15) is 0 Å². The summed E-state index contributed by atoms with van der Waals surface area (Å²) in [7, 11) is 0. The molecule has 0 fully saturated rings.